The SMILES string of the molecule is Cc1nc(CNCc2c(C)oc3ccccc23)no1. The Morgan fingerprint density at radius 1 is 1.16 bits per heavy atom. The van der Waals surface area contributed by atoms with Gasteiger partial charge in [0.25, 0.3) is 0 Å². The van der Waals surface area contributed by atoms with Crippen molar-refractivity contribution in [2.75, 3.05) is 0 Å². The molecule has 3 aromatic rings. The van der Waals surface area contributed by atoms with Crippen LogP contribution in [0.3, 0.4) is 0 Å². The summed E-state index contributed by atoms with van der Waals surface area (Å²) in [6.45, 7) is 5.06. The van der Waals surface area contributed by atoms with Gasteiger partial charge in [0.2, 0.25) is 5.89 Å². The predicted molar refractivity (Wildman–Crippen MR) is 70.5 cm³/mol. The highest BCUT2D eigenvalue weighted by Gasteiger charge is 2.10. The number of furan rings is 1. The van der Waals surface area contributed by atoms with E-state index in [4.69, 9.17) is 8.94 Å². The third kappa shape index (κ3) is 2.37. The van der Waals surface area contributed by atoms with Crippen molar-refractivity contribution in [2.24, 2.45) is 0 Å². The summed E-state index contributed by atoms with van der Waals surface area (Å²) in [5, 5.41) is 8.30. The Hall–Kier alpha value is -2.14. The van der Waals surface area contributed by atoms with Gasteiger partial charge in [0.1, 0.15) is 11.3 Å². The summed E-state index contributed by atoms with van der Waals surface area (Å²) in [6.07, 6.45) is 0. The average Bonchev–Trinajstić information content (AvgIpc) is 2.94. The van der Waals surface area contributed by atoms with Gasteiger partial charge < -0.3 is 14.3 Å². The maximum absolute atomic E-state index is 5.72. The summed E-state index contributed by atoms with van der Waals surface area (Å²) in [4.78, 5) is 4.15. The third-order valence-corrected chi connectivity index (χ3v) is 3.05. The van der Waals surface area contributed by atoms with E-state index >= 15 is 0 Å². The fraction of sp³-hybridized carbons (Fsp3) is 0.286. The first-order chi connectivity index (χ1) is 9.24. The van der Waals surface area contributed by atoms with Gasteiger partial charge in [0, 0.05) is 24.4 Å². The van der Waals surface area contributed by atoms with Crippen LogP contribution in [-0.2, 0) is 13.1 Å². The molecule has 5 heteroatoms. The van der Waals surface area contributed by atoms with Crippen LogP contribution in [-0.4, -0.2) is 10.1 Å². The topological polar surface area (TPSA) is 64.1 Å². The zero-order chi connectivity index (χ0) is 13.2. The summed E-state index contributed by atoms with van der Waals surface area (Å²) in [5.74, 6) is 2.20. The maximum Gasteiger partial charge on any atom is 0.223 e. The second-order valence-corrected chi connectivity index (χ2v) is 4.47. The number of nitrogens with zero attached hydrogens (tertiary/aromatic N) is 2. The van der Waals surface area contributed by atoms with Crippen molar-refractivity contribution in [3.63, 3.8) is 0 Å². The molecule has 3 rings (SSSR count). The van der Waals surface area contributed by atoms with Crippen LogP contribution in [0.15, 0.2) is 33.2 Å². The van der Waals surface area contributed by atoms with Crippen LogP contribution in [0.2, 0.25) is 0 Å². The first-order valence-corrected chi connectivity index (χ1v) is 6.21. The van der Waals surface area contributed by atoms with Gasteiger partial charge in [-0.05, 0) is 13.0 Å². The van der Waals surface area contributed by atoms with E-state index in [1.54, 1.807) is 6.92 Å². The number of rotatable bonds is 4. The Bertz CT molecular complexity index is 700. The lowest BCUT2D eigenvalue weighted by molar-refractivity contribution is 0.385. The molecule has 0 aliphatic rings. The van der Waals surface area contributed by atoms with E-state index < -0.39 is 0 Å². The van der Waals surface area contributed by atoms with Crippen molar-refractivity contribution in [1.82, 2.24) is 15.5 Å². The van der Waals surface area contributed by atoms with Gasteiger partial charge in [-0.25, -0.2) is 0 Å². The van der Waals surface area contributed by atoms with E-state index in [9.17, 15) is 0 Å². The monoisotopic (exact) mass is 257 g/mol. The van der Waals surface area contributed by atoms with Crippen molar-refractivity contribution in [2.45, 2.75) is 26.9 Å². The van der Waals surface area contributed by atoms with Crippen molar-refractivity contribution < 1.29 is 8.94 Å². The van der Waals surface area contributed by atoms with Crippen LogP contribution in [0.1, 0.15) is 23.0 Å². The number of aromatic nitrogens is 2. The Morgan fingerprint density at radius 2 is 2.00 bits per heavy atom. The molecule has 0 atom stereocenters. The van der Waals surface area contributed by atoms with Crippen LogP contribution in [0.5, 0.6) is 0 Å². The van der Waals surface area contributed by atoms with Crippen molar-refractivity contribution in [1.29, 1.82) is 0 Å². The smallest absolute Gasteiger partial charge is 0.223 e. The minimum atomic E-state index is 0.580. The number of hydrogen-bond donors (Lipinski definition) is 1. The number of aryl methyl sites for hydroxylation is 2. The predicted octanol–water partition coefficient (Wildman–Crippen LogP) is 2.72. The molecule has 1 N–H and O–H groups in total. The van der Waals surface area contributed by atoms with E-state index in [1.807, 2.05) is 25.1 Å². The molecular weight excluding hydrogens is 242 g/mol. The van der Waals surface area contributed by atoms with E-state index in [0.29, 0.717) is 18.3 Å². The molecular formula is C14H15N3O2. The normalized spacial score (nSPS) is 11.3. The summed E-state index contributed by atoms with van der Waals surface area (Å²) < 4.78 is 10.6. The molecule has 0 fully saturated rings. The molecule has 0 aliphatic carbocycles. The lowest BCUT2D eigenvalue weighted by atomic mass is 10.1. The minimum absolute atomic E-state index is 0.580. The van der Waals surface area contributed by atoms with Crippen LogP contribution < -0.4 is 5.32 Å². The summed E-state index contributed by atoms with van der Waals surface area (Å²) in [6, 6.07) is 8.05. The van der Waals surface area contributed by atoms with Gasteiger partial charge in [0.05, 0.1) is 6.54 Å². The van der Waals surface area contributed by atoms with E-state index in [0.717, 1.165) is 23.3 Å². The number of nitrogens with one attached hydrogen (secondary N) is 1. The molecule has 0 saturated heterocycles. The Balaban J connectivity index is 1.73. The molecule has 2 aromatic heterocycles. The van der Waals surface area contributed by atoms with Gasteiger partial charge >= 0.3 is 0 Å². The van der Waals surface area contributed by atoms with Crippen molar-refractivity contribution in [3.8, 4) is 0 Å². The quantitative estimate of drug-likeness (QED) is 0.778. The highest BCUT2D eigenvalue weighted by molar-refractivity contribution is 5.82. The largest absolute Gasteiger partial charge is 0.461 e. The van der Waals surface area contributed by atoms with Crippen LogP contribution >= 0.6 is 0 Å². The molecule has 19 heavy (non-hydrogen) atoms. The molecule has 0 aliphatic heterocycles. The summed E-state index contributed by atoms with van der Waals surface area (Å²) in [7, 11) is 0. The first kappa shape index (κ1) is 11.9. The van der Waals surface area contributed by atoms with Crippen LogP contribution in [0.4, 0.5) is 0 Å². The number of fused-ring (bicyclic) bond motifs is 1. The third-order valence-electron chi connectivity index (χ3n) is 3.05. The maximum atomic E-state index is 5.72. The molecule has 0 radical (unpaired) electrons. The lowest BCUT2D eigenvalue weighted by Gasteiger charge is -2.01. The molecule has 2 heterocycles. The number of para-hydroxylation sites is 1. The van der Waals surface area contributed by atoms with Crippen LogP contribution in [0, 0.1) is 13.8 Å². The highest BCUT2D eigenvalue weighted by Crippen LogP contribution is 2.24. The lowest BCUT2D eigenvalue weighted by Crippen LogP contribution is -2.14. The van der Waals surface area contributed by atoms with E-state index in [-0.39, 0.29) is 0 Å². The summed E-state index contributed by atoms with van der Waals surface area (Å²) >= 11 is 0. The molecule has 5 nitrogen and oxygen atoms in total. The van der Waals surface area contributed by atoms with E-state index in [1.165, 1.54) is 5.56 Å². The number of benzene rings is 1. The van der Waals surface area contributed by atoms with Gasteiger partial charge in [-0.1, -0.05) is 23.4 Å². The standard InChI is InChI=1S/C14H15N3O2/c1-9-12(11-5-3-4-6-13(11)18-9)7-15-8-14-16-10(2)19-17-14/h3-6,15H,7-8H2,1-2H3. The molecule has 0 amide bonds. The Kier molecular flexibility index (Phi) is 3.05. The molecule has 0 saturated carbocycles. The second kappa shape index (κ2) is 4.85. The van der Waals surface area contributed by atoms with Crippen molar-refractivity contribution >= 4 is 11.0 Å². The van der Waals surface area contributed by atoms with Crippen LogP contribution in [0.25, 0.3) is 11.0 Å². The van der Waals surface area contributed by atoms with Gasteiger partial charge in [-0.2, -0.15) is 4.98 Å². The van der Waals surface area contributed by atoms with E-state index in [2.05, 4.69) is 21.5 Å². The summed E-state index contributed by atoms with van der Waals surface area (Å²) in [5.41, 5.74) is 2.10. The zero-order valence-electron chi connectivity index (χ0n) is 10.9. The van der Waals surface area contributed by atoms with Crippen molar-refractivity contribution in [3.05, 3.63) is 47.3 Å². The zero-order valence-corrected chi connectivity index (χ0v) is 10.9. The van der Waals surface area contributed by atoms with Gasteiger partial charge in [0.15, 0.2) is 5.82 Å². The number of hydrogen-bond acceptors (Lipinski definition) is 5. The average molecular weight is 257 g/mol. The molecule has 98 valence electrons. The Morgan fingerprint density at radius 3 is 2.79 bits per heavy atom. The first-order valence-electron chi connectivity index (χ1n) is 6.21. The molecule has 0 spiro atoms. The fourth-order valence-corrected chi connectivity index (χ4v) is 2.15. The molecule has 0 unspecified atom stereocenters. The minimum Gasteiger partial charge on any atom is -0.461 e. The molecule has 0 bridgehead atoms. The highest BCUT2D eigenvalue weighted by atomic mass is 16.5. The molecule has 1 aromatic carbocycles. The fourth-order valence-electron chi connectivity index (χ4n) is 2.15. The second-order valence-electron chi connectivity index (χ2n) is 4.47. The Labute approximate surface area is 110 Å². The van der Waals surface area contributed by atoms with Gasteiger partial charge in [-0.15, -0.1) is 0 Å². The van der Waals surface area contributed by atoms with Gasteiger partial charge in [-0.3, -0.25) is 0 Å².